The van der Waals surface area contributed by atoms with E-state index in [4.69, 9.17) is 5.73 Å². The zero-order valence-electron chi connectivity index (χ0n) is 16.6. The summed E-state index contributed by atoms with van der Waals surface area (Å²) in [5.41, 5.74) is 8.60. The van der Waals surface area contributed by atoms with Crippen LogP contribution in [0.2, 0.25) is 0 Å². The number of hydrogen-bond acceptors (Lipinski definition) is 5. The molecule has 2 aliphatic rings. The van der Waals surface area contributed by atoms with Crippen LogP contribution < -0.4 is 20.9 Å². The molecule has 0 saturated carbocycles. The smallest absolute Gasteiger partial charge is 0.249 e. The highest BCUT2D eigenvalue weighted by molar-refractivity contribution is 5.97. The van der Waals surface area contributed by atoms with Crippen LogP contribution in [0.15, 0.2) is 36.5 Å². The first kappa shape index (κ1) is 19.2. The first-order valence-corrected chi connectivity index (χ1v) is 10.3. The van der Waals surface area contributed by atoms with Gasteiger partial charge in [-0.1, -0.05) is 6.07 Å². The fourth-order valence-corrected chi connectivity index (χ4v) is 4.24. The summed E-state index contributed by atoms with van der Waals surface area (Å²) in [5.74, 6) is 0.439. The molecule has 0 unspecified atom stereocenters. The molecule has 29 heavy (non-hydrogen) atoms. The lowest BCUT2D eigenvalue weighted by atomic mass is 9.96. The molecule has 2 aliphatic heterocycles. The minimum atomic E-state index is -0.423. The lowest BCUT2D eigenvalue weighted by Crippen LogP contribution is -2.37. The van der Waals surface area contributed by atoms with Crippen molar-refractivity contribution in [3.05, 3.63) is 47.7 Å². The minimum Gasteiger partial charge on any atom is -0.366 e. The second kappa shape index (κ2) is 8.51. The van der Waals surface area contributed by atoms with Gasteiger partial charge in [0.25, 0.3) is 0 Å². The van der Waals surface area contributed by atoms with E-state index in [-0.39, 0.29) is 12.5 Å². The molecule has 0 aliphatic carbocycles. The maximum absolute atomic E-state index is 12.6. The summed E-state index contributed by atoms with van der Waals surface area (Å²) in [6, 6.07) is 9.39. The van der Waals surface area contributed by atoms with Crippen molar-refractivity contribution in [2.24, 2.45) is 5.73 Å². The number of amides is 2. The van der Waals surface area contributed by atoms with Crippen LogP contribution in [0.25, 0.3) is 0 Å². The first-order chi connectivity index (χ1) is 14.1. The van der Waals surface area contributed by atoms with Gasteiger partial charge in [0, 0.05) is 30.9 Å². The third-order valence-electron chi connectivity index (χ3n) is 5.66. The van der Waals surface area contributed by atoms with Crippen molar-refractivity contribution in [3.8, 4) is 0 Å². The van der Waals surface area contributed by atoms with Gasteiger partial charge in [0.2, 0.25) is 11.8 Å². The average Bonchev–Trinajstić information content (AvgIpc) is 2.74. The molecular formula is C22H27N5O2. The summed E-state index contributed by atoms with van der Waals surface area (Å²) in [5, 5.41) is 2.93. The highest BCUT2D eigenvalue weighted by atomic mass is 16.2. The van der Waals surface area contributed by atoms with E-state index in [1.807, 2.05) is 29.2 Å². The Balaban J connectivity index is 1.41. The number of benzene rings is 1. The molecule has 3 N–H and O–H groups in total. The van der Waals surface area contributed by atoms with Crippen molar-refractivity contribution >= 4 is 29.0 Å². The van der Waals surface area contributed by atoms with E-state index in [0.717, 1.165) is 49.5 Å². The van der Waals surface area contributed by atoms with Crippen LogP contribution in [0, 0.1) is 0 Å². The van der Waals surface area contributed by atoms with Crippen LogP contribution in [0.5, 0.6) is 0 Å². The van der Waals surface area contributed by atoms with Crippen LogP contribution in [0.4, 0.5) is 17.2 Å². The van der Waals surface area contributed by atoms with Crippen LogP contribution in [0.1, 0.15) is 41.6 Å². The van der Waals surface area contributed by atoms with E-state index in [9.17, 15) is 9.59 Å². The summed E-state index contributed by atoms with van der Waals surface area (Å²) in [4.78, 5) is 33.1. The maximum Gasteiger partial charge on any atom is 0.249 e. The molecule has 1 fully saturated rings. The van der Waals surface area contributed by atoms with Gasteiger partial charge in [-0.25, -0.2) is 4.98 Å². The Morgan fingerprint density at radius 3 is 2.59 bits per heavy atom. The highest BCUT2D eigenvalue weighted by Gasteiger charge is 2.23. The molecule has 0 atom stereocenters. The standard InChI is InChI=1S/C22H27N5O2/c23-22(29)18-6-4-8-19-17(18)7-5-13-27(19)15-21(28)25-16-9-10-20(24-14-16)26-11-2-1-3-12-26/h4,6,8-10,14H,1-3,5,7,11-13,15H2,(H2,23,29)(H,25,28). The first-order valence-electron chi connectivity index (χ1n) is 10.3. The van der Waals surface area contributed by atoms with E-state index < -0.39 is 5.91 Å². The number of nitrogens with two attached hydrogens (primary N) is 1. The summed E-state index contributed by atoms with van der Waals surface area (Å²) in [6.45, 7) is 3.08. The molecule has 7 nitrogen and oxygen atoms in total. The summed E-state index contributed by atoms with van der Waals surface area (Å²) < 4.78 is 0. The van der Waals surface area contributed by atoms with Crippen molar-refractivity contribution in [2.45, 2.75) is 32.1 Å². The third kappa shape index (κ3) is 4.34. The zero-order valence-corrected chi connectivity index (χ0v) is 16.6. The predicted molar refractivity (Wildman–Crippen MR) is 114 cm³/mol. The number of nitrogens with zero attached hydrogens (tertiary/aromatic N) is 3. The number of hydrogen-bond donors (Lipinski definition) is 2. The van der Waals surface area contributed by atoms with Crippen molar-refractivity contribution < 1.29 is 9.59 Å². The van der Waals surface area contributed by atoms with Gasteiger partial charge < -0.3 is 20.9 Å². The fourth-order valence-electron chi connectivity index (χ4n) is 4.24. The summed E-state index contributed by atoms with van der Waals surface area (Å²) in [7, 11) is 0. The molecule has 152 valence electrons. The second-order valence-corrected chi connectivity index (χ2v) is 7.69. The molecule has 2 amide bonds. The van der Waals surface area contributed by atoms with Crippen molar-refractivity contribution in [1.29, 1.82) is 0 Å². The fraction of sp³-hybridized carbons (Fsp3) is 0.409. The third-order valence-corrected chi connectivity index (χ3v) is 5.66. The Morgan fingerprint density at radius 1 is 1.03 bits per heavy atom. The Morgan fingerprint density at radius 2 is 1.86 bits per heavy atom. The molecule has 7 heteroatoms. The molecule has 1 aromatic carbocycles. The quantitative estimate of drug-likeness (QED) is 0.815. The molecule has 2 aromatic rings. The van der Waals surface area contributed by atoms with Gasteiger partial charge in [0.05, 0.1) is 18.4 Å². The van der Waals surface area contributed by atoms with Crippen LogP contribution in [0.3, 0.4) is 0 Å². The average molecular weight is 393 g/mol. The number of carbonyl (C=O) groups excluding carboxylic acids is 2. The molecular weight excluding hydrogens is 366 g/mol. The van der Waals surface area contributed by atoms with E-state index >= 15 is 0 Å². The number of aromatic nitrogens is 1. The molecule has 0 bridgehead atoms. The SMILES string of the molecule is NC(=O)c1cccc2c1CCCN2CC(=O)Nc1ccc(N2CCCCC2)nc1. The van der Waals surface area contributed by atoms with Crippen LogP contribution >= 0.6 is 0 Å². The van der Waals surface area contributed by atoms with Gasteiger partial charge in [-0.2, -0.15) is 0 Å². The van der Waals surface area contributed by atoms with Gasteiger partial charge in [-0.05, 0) is 61.9 Å². The van der Waals surface area contributed by atoms with Crippen molar-refractivity contribution in [3.63, 3.8) is 0 Å². The molecule has 0 spiro atoms. The Bertz CT molecular complexity index is 891. The van der Waals surface area contributed by atoms with E-state index in [2.05, 4.69) is 15.2 Å². The lowest BCUT2D eigenvalue weighted by Gasteiger charge is -2.31. The van der Waals surface area contributed by atoms with Gasteiger partial charge >= 0.3 is 0 Å². The van der Waals surface area contributed by atoms with Crippen LogP contribution in [-0.2, 0) is 11.2 Å². The number of anilines is 3. The van der Waals surface area contributed by atoms with Gasteiger partial charge in [0.1, 0.15) is 5.82 Å². The number of carbonyl (C=O) groups is 2. The maximum atomic E-state index is 12.6. The van der Waals surface area contributed by atoms with Crippen molar-refractivity contribution in [2.75, 3.05) is 41.3 Å². The Labute approximate surface area is 170 Å². The number of primary amides is 1. The monoisotopic (exact) mass is 393 g/mol. The summed E-state index contributed by atoms with van der Waals surface area (Å²) >= 11 is 0. The molecule has 1 saturated heterocycles. The van der Waals surface area contributed by atoms with E-state index in [0.29, 0.717) is 11.3 Å². The number of pyridine rings is 1. The van der Waals surface area contributed by atoms with Crippen LogP contribution in [-0.4, -0.2) is 43.0 Å². The highest BCUT2D eigenvalue weighted by Crippen LogP contribution is 2.29. The topological polar surface area (TPSA) is 91.6 Å². The van der Waals surface area contributed by atoms with Gasteiger partial charge in [-0.15, -0.1) is 0 Å². The molecule has 3 heterocycles. The number of fused-ring (bicyclic) bond motifs is 1. The number of rotatable bonds is 5. The predicted octanol–water partition coefficient (Wildman–Crippen LogP) is 2.56. The lowest BCUT2D eigenvalue weighted by molar-refractivity contribution is -0.115. The van der Waals surface area contributed by atoms with E-state index in [1.54, 1.807) is 12.3 Å². The summed E-state index contributed by atoms with van der Waals surface area (Å²) in [6.07, 6.45) is 7.09. The largest absolute Gasteiger partial charge is 0.366 e. The zero-order chi connectivity index (χ0) is 20.2. The number of nitrogens with one attached hydrogen (secondary N) is 1. The molecule has 4 rings (SSSR count). The number of piperidine rings is 1. The molecule has 1 aromatic heterocycles. The normalized spacial score (nSPS) is 16.3. The minimum absolute atomic E-state index is 0.102. The van der Waals surface area contributed by atoms with Gasteiger partial charge in [0.15, 0.2) is 0 Å². The molecule has 0 radical (unpaired) electrons. The second-order valence-electron chi connectivity index (χ2n) is 7.69. The Hall–Kier alpha value is -3.09. The van der Waals surface area contributed by atoms with Gasteiger partial charge in [-0.3, -0.25) is 9.59 Å². The Kier molecular flexibility index (Phi) is 5.64. The van der Waals surface area contributed by atoms with E-state index in [1.165, 1.54) is 19.3 Å². The van der Waals surface area contributed by atoms with Crippen molar-refractivity contribution in [1.82, 2.24) is 4.98 Å².